The zero-order valence-corrected chi connectivity index (χ0v) is 13.6. The van der Waals surface area contributed by atoms with Crippen LogP contribution in [0.25, 0.3) is 0 Å². The monoisotopic (exact) mass is 307 g/mol. The van der Waals surface area contributed by atoms with Gasteiger partial charge in [-0.1, -0.05) is 30.7 Å². The lowest BCUT2D eigenvalue weighted by molar-refractivity contribution is 0.305. The molecule has 0 aliphatic rings. The first-order valence-electron chi connectivity index (χ1n) is 7.22. The van der Waals surface area contributed by atoms with Gasteiger partial charge in [0.25, 0.3) is 0 Å². The van der Waals surface area contributed by atoms with Crippen LogP contribution in [0.15, 0.2) is 24.3 Å². The summed E-state index contributed by atoms with van der Waals surface area (Å²) in [6.45, 7) is 6.42. The van der Waals surface area contributed by atoms with Gasteiger partial charge in [-0.3, -0.25) is 4.68 Å². The maximum Gasteiger partial charge on any atom is 0.133 e. The second-order valence-electron chi connectivity index (χ2n) is 5.09. The van der Waals surface area contributed by atoms with Gasteiger partial charge in [0.1, 0.15) is 17.5 Å². The minimum atomic E-state index is 0.435. The quantitative estimate of drug-likeness (QED) is 0.796. The Kier molecular flexibility index (Phi) is 5.65. The topological polar surface area (TPSA) is 39.1 Å². The highest BCUT2D eigenvalue weighted by molar-refractivity contribution is 6.30. The molecule has 0 amide bonds. The van der Waals surface area contributed by atoms with Gasteiger partial charge in [-0.15, -0.1) is 0 Å². The Balaban J connectivity index is 1.98. The molecule has 4 nitrogen and oxygen atoms in total. The van der Waals surface area contributed by atoms with Crippen LogP contribution in [0.3, 0.4) is 0 Å². The highest BCUT2D eigenvalue weighted by atomic mass is 35.5. The Morgan fingerprint density at radius 1 is 1.38 bits per heavy atom. The molecule has 2 aromatic rings. The Bertz CT molecular complexity index is 595. The number of rotatable bonds is 7. The van der Waals surface area contributed by atoms with Crippen molar-refractivity contribution in [2.45, 2.75) is 33.4 Å². The van der Waals surface area contributed by atoms with Gasteiger partial charge in [-0.2, -0.15) is 5.10 Å². The SMILES string of the molecule is CCCNCc1cccc(OCc2c(C)nn(C)c2Cl)c1. The molecule has 0 bridgehead atoms. The van der Waals surface area contributed by atoms with Gasteiger partial charge in [0, 0.05) is 19.2 Å². The normalized spacial score (nSPS) is 10.9. The molecule has 0 atom stereocenters. The molecule has 114 valence electrons. The Hall–Kier alpha value is -1.52. The first-order valence-corrected chi connectivity index (χ1v) is 7.60. The molecule has 0 radical (unpaired) electrons. The Morgan fingerprint density at radius 3 is 2.86 bits per heavy atom. The summed E-state index contributed by atoms with van der Waals surface area (Å²) in [6.07, 6.45) is 1.13. The van der Waals surface area contributed by atoms with Crippen LogP contribution in [0.5, 0.6) is 5.75 Å². The maximum atomic E-state index is 6.21. The van der Waals surface area contributed by atoms with Crippen molar-refractivity contribution >= 4 is 11.6 Å². The molecule has 21 heavy (non-hydrogen) atoms. The summed E-state index contributed by atoms with van der Waals surface area (Å²) in [5, 5.41) is 8.30. The highest BCUT2D eigenvalue weighted by Crippen LogP contribution is 2.21. The second-order valence-corrected chi connectivity index (χ2v) is 5.45. The summed E-state index contributed by atoms with van der Waals surface area (Å²) in [6, 6.07) is 8.12. The van der Waals surface area contributed by atoms with E-state index >= 15 is 0 Å². The minimum Gasteiger partial charge on any atom is -0.489 e. The molecule has 1 aromatic carbocycles. The van der Waals surface area contributed by atoms with E-state index in [1.165, 1.54) is 5.56 Å². The molecule has 0 unspecified atom stereocenters. The standard InChI is InChI=1S/C16H22ClN3O/c1-4-8-18-10-13-6-5-7-14(9-13)21-11-15-12(2)19-20(3)16(15)17/h5-7,9,18H,4,8,10-11H2,1-3H3. The van der Waals surface area contributed by atoms with Crippen molar-refractivity contribution in [1.82, 2.24) is 15.1 Å². The fourth-order valence-electron chi connectivity index (χ4n) is 2.15. The van der Waals surface area contributed by atoms with Gasteiger partial charge < -0.3 is 10.1 Å². The number of hydrogen-bond donors (Lipinski definition) is 1. The molecule has 1 heterocycles. The lowest BCUT2D eigenvalue weighted by atomic mass is 10.2. The lowest BCUT2D eigenvalue weighted by Crippen LogP contribution is -2.13. The van der Waals surface area contributed by atoms with E-state index in [-0.39, 0.29) is 0 Å². The molecule has 5 heteroatoms. The van der Waals surface area contributed by atoms with E-state index < -0.39 is 0 Å². The third kappa shape index (κ3) is 4.22. The maximum absolute atomic E-state index is 6.21. The van der Waals surface area contributed by atoms with E-state index in [0.717, 1.165) is 36.5 Å². The number of aromatic nitrogens is 2. The molecule has 0 spiro atoms. The van der Waals surface area contributed by atoms with Gasteiger partial charge in [0.2, 0.25) is 0 Å². The van der Waals surface area contributed by atoms with Crippen molar-refractivity contribution in [3.63, 3.8) is 0 Å². The van der Waals surface area contributed by atoms with Crippen molar-refractivity contribution < 1.29 is 4.74 Å². The summed E-state index contributed by atoms with van der Waals surface area (Å²) < 4.78 is 7.52. The van der Waals surface area contributed by atoms with Crippen molar-refractivity contribution in [3.8, 4) is 5.75 Å². The van der Waals surface area contributed by atoms with Crippen LogP contribution < -0.4 is 10.1 Å². The number of nitrogens with one attached hydrogen (secondary N) is 1. The molecule has 2 rings (SSSR count). The Morgan fingerprint density at radius 2 is 2.19 bits per heavy atom. The van der Waals surface area contributed by atoms with Gasteiger partial charge in [-0.05, 0) is 37.6 Å². The van der Waals surface area contributed by atoms with Gasteiger partial charge in [0.05, 0.1) is 5.69 Å². The summed E-state index contributed by atoms with van der Waals surface area (Å²) in [5.41, 5.74) is 3.06. The molecular weight excluding hydrogens is 286 g/mol. The predicted molar refractivity (Wildman–Crippen MR) is 85.7 cm³/mol. The van der Waals surface area contributed by atoms with Crippen LogP contribution in [0.2, 0.25) is 5.15 Å². The van der Waals surface area contributed by atoms with E-state index in [4.69, 9.17) is 16.3 Å². The van der Waals surface area contributed by atoms with E-state index in [0.29, 0.717) is 11.8 Å². The second kappa shape index (κ2) is 7.48. The number of ether oxygens (including phenoxy) is 1. The molecular formula is C16H22ClN3O. The molecule has 0 aliphatic carbocycles. The number of halogens is 1. The zero-order chi connectivity index (χ0) is 15.2. The fourth-order valence-corrected chi connectivity index (χ4v) is 2.38. The molecule has 0 saturated carbocycles. The first-order chi connectivity index (χ1) is 10.1. The number of aryl methyl sites for hydroxylation is 2. The number of nitrogens with zero attached hydrogens (tertiary/aromatic N) is 2. The minimum absolute atomic E-state index is 0.435. The molecule has 0 aliphatic heterocycles. The summed E-state index contributed by atoms with van der Waals surface area (Å²) in [7, 11) is 1.83. The number of hydrogen-bond acceptors (Lipinski definition) is 3. The molecule has 1 N–H and O–H groups in total. The van der Waals surface area contributed by atoms with Crippen molar-refractivity contribution in [1.29, 1.82) is 0 Å². The number of benzene rings is 1. The largest absolute Gasteiger partial charge is 0.489 e. The first kappa shape index (κ1) is 15.9. The third-order valence-electron chi connectivity index (χ3n) is 3.31. The Labute approximate surface area is 131 Å². The highest BCUT2D eigenvalue weighted by Gasteiger charge is 2.11. The summed E-state index contributed by atoms with van der Waals surface area (Å²) in [4.78, 5) is 0. The van der Waals surface area contributed by atoms with Crippen molar-refractivity contribution in [2.24, 2.45) is 7.05 Å². The van der Waals surface area contributed by atoms with Crippen LogP contribution in [-0.2, 0) is 20.2 Å². The average molecular weight is 308 g/mol. The molecule has 0 saturated heterocycles. The van der Waals surface area contributed by atoms with Crippen LogP contribution in [0.4, 0.5) is 0 Å². The van der Waals surface area contributed by atoms with Crippen LogP contribution in [0.1, 0.15) is 30.2 Å². The van der Waals surface area contributed by atoms with Crippen LogP contribution in [-0.4, -0.2) is 16.3 Å². The molecule has 0 fully saturated rings. The van der Waals surface area contributed by atoms with E-state index in [9.17, 15) is 0 Å². The van der Waals surface area contributed by atoms with Crippen molar-refractivity contribution in [3.05, 3.63) is 46.2 Å². The van der Waals surface area contributed by atoms with Gasteiger partial charge >= 0.3 is 0 Å². The van der Waals surface area contributed by atoms with Crippen molar-refractivity contribution in [2.75, 3.05) is 6.54 Å². The third-order valence-corrected chi connectivity index (χ3v) is 3.78. The van der Waals surface area contributed by atoms with E-state index in [1.807, 2.05) is 26.1 Å². The fraction of sp³-hybridized carbons (Fsp3) is 0.438. The summed E-state index contributed by atoms with van der Waals surface area (Å²) >= 11 is 6.21. The average Bonchev–Trinajstić information content (AvgIpc) is 2.71. The summed E-state index contributed by atoms with van der Waals surface area (Å²) in [5.74, 6) is 0.852. The van der Waals surface area contributed by atoms with Gasteiger partial charge in [-0.25, -0.2) is 0 Å². The van der Waals surface area contributed by atoms with Gasteiger partial charge in [0.15, 0.2) is 0 Å². The van der Waals surface area contributed by atoms with Crippen LogP contribution in [0, 0.1) is 6.92 Å². The van der Waals surface area contributed by atoms with Crippen LogP contribution >= 0.6 is 11.6 Å². The van der Waals surface area contributed by atoms with E-state index in [2.05, 4.69) is 29.5 Å². The zero-order valence-electron chi connectivity index (χ0n) is 12.8. The lowest BCUT2D eigenvalue weighted by Gasteiger charge is -2.09. The predicted octanol–water partition coefficient (Wildman–Crippen LogP) is 3.46. The molecule has 1 aromatic heterocycles. The smallest absolute Gasteiger partial charge is 0.133 e. The van der Waals surface area contributed by atoms with E-state index in [1.54, 1.807) is 4.68 Å².